The summed E-state index contributed by atoms with van der Waals surface area (Å²) in [5.41, 5.74) is 1.28. The number of hydrogen-bond acceptors (Lipinski definition) is 4. The molecule has 1 aromatic carbocycles. The van der Waals surface area contributed by atoms with Gasteiger partial charge >= 0.3 is 0 Å². The molecule has 2 aliphatic rings. The van der Waals surface area contributed by atoms with Crippen molar-refractivity contribution in [3.05, 3.63) is 23.8 Å². The van der Waals surface area contributed by atoms with Crippen molar-refractivity contribution in [1.29, 1.82) is 0 Å². The highest BCUT2D eigenvalue weighted by atomic mass is 16.7. The molecular formula is C12H16N2O2. The number of ether oxygens (including phenoxy) is 2. The average molecular weight is 220 g/mol. The summed E-state index contributed by atoms with van der Waals surface area (Å²) < 4.78 is 10.7. The lowest BCUT2D eigenvalue weighted by Crippen LogP contribution is -2.48. The van der Waals surface area contributed by atoms with Crippen molar-refractivity contribution in [2.75, 3.05) is 26.9 Å². The summed E-state index contributed by atoms with van der Waals surface area (Å²) in [5.74, 6) is 2.39. The van der Waals surface area contributed by atoms with Gasteiger partial charge in [0.05, 0.1) is 0 Å². The molecule has 0 radical (unpaired) electrons. The topological polar surface area (TPSA) is 42.5 Å². The largest absolute Gasteiger partial charge is 0.454 e. The van der Waals surface area contributed by atoms with Gasteiger partial charge in [-0.3, -0.25) is 0 Å². The highest BCUT2D eigenvalue weighted by molar-refractivity contribution is 5.45. The average Bonchev–Trinajstić information content (AvgIpc) is 2.69. The van der Waals surface area contributed by atoms with Gasteiger partial charge in [-0.1, -0.05) is 6.07 Å². The number of rotatable bonds is 3. The van der Waals surface area contributed by atoms with Crippen LogP contribution in [0.2, 0.25) is 0 Å². The molecule has 86 valence electrons. The van der Waals surface area contributed by atoms with E-state index in [4.69, 9.17) is 9.47 Å². The maximum absolute atomic E-state index is 5.40. The first-order valence-electron chi connectivity index (χ1n) is 5.66. The fourth-order valence-electron chi connectivity index (χ4n) is 2.33. The second-order valence-electron chi connectivity index (χ2n) is 4.30. The first-order chi connectivity index (χ1) is 7.88. The molecule has 0 spiro atoms. The van der Waals surface area contributed by atoms with Crippen molar-refractivity contribution in [3.63, 3.8) is 0 Å². The fraction of sp³-hybridized carbons (Fsp3) is 0.500. The predicted octanol–water partition coefficient (Wildman–Crippen LogP) is 0.895. The van der Waals surface area contributed by atoms with Crippen molar-refractivity contribution >= 4 is 0 Å². The third-order valence-electron chi connectivity index (χ3n) is 3.35. The maximum atomic E-state index is 5.40. The van der Waals surface area contributed by atoms with Crippen LogP contribution in [0.3, 0.4) is 0 Å². The molecule has 3 rings (SSSR count). The Bertz CT molecular complexity index is 391. The normalized spacial score (nSPS) is 20.6. The van der Waals surface area contributed by atoms with Crippen LogP contribution in [0, 0.1) is 5.92 Å². The van der Waals surface area contributed by atoms with Gasteiger partial charge in [0.15, 0.2) is 11.5 Å². The molecule has 1 atom stereocenters. The summed E-state index contributed by atoms with van der Waals surface area (Å²) in [6.45, 7) is 2.51. The van der Waals surface area contributed by atoms with Gasteiger partial charge in [-0.25, -0.2) is 0 Å². The first kappa shape index (κ1) is 9.93. The molecule has 2 heterocycles. The molecule has 16 heavy (non-hydrogen) atoms. The van der Waals surface area contributed by atoms with Crippen LogP contribution in [0.1, 0.15) is 11.6 Å². The lowest BCUT2D eigenvalue weighted by Gasteiger charge is -2.34. The van der Waals surface area contributed by atoms with Crippen molar-refractivity contribution in [2.45, 2.75) is 6.04 Å². The van der Waals surface area contributed by atoms with Crippen LogP contribution in [0.4, 0.5) is 0 Å². The van der Waals surface area contributed by atoms with Crippen molar-refractivity contribution in [1.82, 2.24) is 10.6 Å². The van der Waals surface area contributed by atoms with Crippen LogP contribution in [-0.2, 0) is 0 Å². The van der Waals surface area contributed by atoms with Gasteiger partial charge < -0.3 is 20.1 Å². The van der Waals surface area contributed by atoms with Crippen molar-refractivity contribution in [3.8, 4) is 11.5 Å². The lowest BCUT2D eigenvalue weighted by molar-refractivity contribution is 0.174. The van der Waals surface area contributed by atoms with Gasteiger partial charge in [0, 0.05) is 25.0 Å². The van der Waals surface area contributed by atoms with Crippen LogP contribution in [0.25, 0.3) is 0 Å². The molecule has 0 saturated carbocycles. The van der Waals surface area contributed by atoms with Crippen LogP contribution >= 0.6 is 0 Å². The van der Waals surface area contributed by atoms with E-state index in [-0.39, 0.29) is 0 Å². The molecule has 1 aromatic rings. The molecule has 4 heteroatoms. The van der Waals surface area contributed by atoms with E-state index in [0.717, 1.165) is 24.6 Å². The zero-order valence-electron chi connectivity index (χ0n) is 9.32. The summed E-state index contributed by atoms with van der Waals surface area (Å²) >= 11 is 0. The van der Waals surface area contributed by atoms with Gasteiger partial charge in [0.2, 0.25) is 6.79 Å². The second-order valence-corrected chi connectivity index (χ2v) is 4.30. The predicted molar refractivity (Wildman–Crippen MR) is 60.7 cm³/mol. The van der Waals surface area contributed by atoms with Gasteiger partial charge in [-0.15, -0.1) is 0 Å². The van der Waals surface area contributed by atoms with E-state index < -0.39 is 0 Å². The summed E-state index contributed by atoms with van der Waals surface area (Å²) in [6.07, 6.45) is 0. The van der Waals surface area contributed by atoms with E-state index in [1.54, 1.807) is 0 Å². The van der Waals surface area contributed by atoms with Crippen LogP contribution in [-0.4, -0.2) is 26.9 Å². The van der Waals surface area contributed by atoms with Crippen LogP contribution in [0.15, 0.2) is 18.2 Å². The Morgan fingerprint density at radius 3 is 2.81 bits per heavy atom. The van der Waals surface area contributed by atoms with Crippen LogP contribution in [0.5, 0.6) is 11.5 Å². The highest BCUT2D eigenvalue weighted by Crippen LogP contribution is 2.36. The molecule has 2 aliphatic heterocycles. The van der Waals surface area contributed by atoms with Crippen LogP contribution < -0.4 is 20.1 Å². The zero-order chi connectivity index (χ0) is 11.0. The number of benzene rings is 1. The SMILES string of the molecule is CNC(c1ccc2c(c1)OCO2)C1CNC1. The van der Waals surface area contributed by atoms with Gasteiger partial charge in [-0.2, -0.15) is 0 Å². The Morgan fingerprint density at radius 1 is 1.31 bits per heavy atom. The standard InChI is InChI=1S/C12H16N2O2/c1-13-12(9-5-14-6-9)8-2-3-10-11(4-8)16-7-15-10/h2-4,9,12-14H,5-7H2,1H3. The third kappa shape index (κ3) is 1.54. The Hall–Kier alpha value is -1.26. The number of fused-ring (bicyclic) bond motifs is 1. The molecule has 2 N–H and O–H groups in total. The third-order valence-corrected chi connectivity index (χ3v) is 3.35. The zero-order valence-corrected chi connectivity index (χ0v) is 9.32. The van der Waals surface area contributed by atoms with E-state index in [0.29, 0.717) is 18.8 Å². The first-order valence-corrected chi connectivity index (χ1v) is 5.66. The lowest BCUT2D eigenvalue weighted by atomic mass is 9.88. The number of hydrogen-bond donors (Lipinski definition) is 2. The minimum Gasteiger partial charge on any atom is -0.454 e. The Morgan fingerprint density at radius 2 is 2.12 bits per heavy atom. The molecular weight excluding hydrogens is 204 g/mol. The van der Waals surface area contributed by atoms with E-state index in [2.05, 4.69) is 22.8 Å². The molecule has 4 nitrogen and oxygen atoms in total. The number of nitrogens with one attached hydrogen (secondary N) is 2. The molecule has 1 unspecified atom stereocenters. The second kappa shape index (κ2) is 3.96. The van der Waals surface area contributed by atoms with Gasteiger partial charge in [0.1, 0.15) is 0 Å². The van der Waals surface area contributed by atoms with Crippen molar-refractivity contribution in [2.24, 2.45) is 5.92 Å². The summed E-state index contributed by atoms with van der Waals surface area (Å²) in [4.78, 5) is 0. The Balaban J connectivity index is 1.86. The minimum absolute atomic E-state index is 0.341. The minimum atomic E-state index is 0.341. The molecule has 0 aromatic heterocycles. The Labute approximate surface area is 94.9 Å². The van der Waals surface area contributed by atoms with E-state index in [1.165, 1.54) is 5.56 Å². The summed E-state index contributed by atoms with van der Waals surface area (Å²) in [6, 6.07) is 6.60. The highest BCUT2D eigenvalue weighted by Gasteiger charge is 2.28. The molecule has 1 fully saturated rings. The van der Waals surface area contributed by atoms with Gasteiger partial charge in [0.25, 0.3) is 0 Å². The fourth-order valence-corrected chi connectivity index (χ4v) is 2.33. The van der Waals surface area contributed by atoms with E-state index in [1.807, 2.05) is 13.1 Å². The van der Waals surface area contributed by atoms with E-state index >= 15 is 0 Å². The quantitative estimate of drug-likeness (QED) is 0.794. The smallest absolute Gasteiger partial charge is 0.231 e. The molecule has 0 amide bonds. The van der Waals surface area contributed by atoms with E-state index in [9.17, 15) is 0 Å². The maximum Gasteiger partial charge on any atom is 0.231 e. The molecule has 0 bridgehead atoms. The Kier molecular flexibility index (Phi) is 2.46. The monoisotopic (exact) mass is 220 g/mol. The molecule has 0 aliphatic carbocycles. The summed E-state index contributed by atoms with van der Waals surface area (Å²) in [5, 5.41) is 6.68. The summed E-state index contributed by atoms with van der Waals surface area (Å²) in [7, 11) is 2.01. The van der Waals surface area contributed by atoms with Crippen molar-refractivity contribution < 1.29 is 9.47 Å². The molecule has 1 saturated heterocycles. The van der Waals surface area contributed by atoms with Gasteiger partial charge in [-0.05, 0) is 24.7 Å².